The Balaban J connectivity index is 1.40. The zero-order valence-electron chi connectivity index (χ0n) is 15.8. The van der Waals surface area contributed by atoms with Crippen molar-refractivity contribution in [2.45, 2.75) is 45.4 Å². The molecule has 0 saturated carbocycles. The normalized spacial score (nSPS) is 19.2. The van der Waals surface area contributed by atoms with Crippen LogP contribution in [0.5, 0.6) is 0 Å². The summed E-state index contributed by atoms with van der Waals surface area (Å²) in [5.74, 6) is 1.63. The fraction of sp³-hybridized carbons (Fsp3) is 0.556. The standard InChI is InChI=1S/C18H22N8OS/c1-2-14-23-24-18(28-14)22-15(27)11-5-4-8-25(9-11)16-12-6-3-7-13(12)21-17-19-10-20-26(16)17/h10-11H,2-9H2,1H3,(H,22,24,27). The van der Waals surface area contributed by atoms with Crippen LogP contribution in [0.25, 0.3) is 5.78 Å². The minimum atomic E-state index is -0.0912. The van der Waals surface area contributed by atoms with Crippen LogP contribution in [0, 0.1) is 5.92 Å². The van der Waals surface area contributed by atoms with Gasteiger partial charge in [-0.15, -0.1) is 10.2 Å². The fourth-order valence-electron chi connectivity index (χ4n) is 4.16. The lowest BCUT2D eigenvalue weighted by Crippen LogP contribution is -2.42. The third-order valence-electron chi connectivity index (χ3n) is 5.52. The van der Waals surface area contributed by atoms with Gasteiger partial charge in [0.25, 0.3) is 5.78 Å². The van der Waals surface area contributed by atoms with E-state index in [9.17, 15) is 4.79 Å². The van der Waals surface area contributed by atoms with Crippen LogP contribution >= 0.6 is 11.3 Å². The largest absolute Gasteiger partial charge is 0.355 e. The summed E-state index contributed by atoms with van der Waals surface area (Å²) < 4.78 is 1.84. The second-order valence-electron chi connectivity index (χ2n) is 7.31. The van der Waals surface area contributed by atoms with Crippen molar-refractivity contribution in [1.29, 1.82) is 0 Å². The molecule has 28 heavy (non-hydrogen) atoms. The van der Waals surface area contributed by atoms with Gasteiger partial charge in [-0.3, -0.25) is 4.79 Å². The number of carbonyl (C=O) groups excluding carboxylic acids is 1. The average Bonchev–Trinajstić information content (AvgIpc) is 3.46. The van der Waals surface area contributed by atoms with E-state index in [1.165, 1.54) is 16.9 Å². The summed E-state index contributed by atoms with van der Waals surface area (Å²) in [5, 5.41) is 17.0. The third-order valence-corrected chi connectivity index (χ3v) is 6.50. The molecule has 1 saturated heterocycles. The molecule has 2 aliphatic rings. The van der Waals surface area contributed by atoms with E-state index in [2.05, 4.69) is 35.5 Å². The Labute approximate surface area is 166 Å². The maximum atomic E-state index is 12.8. The predicted molar refractivity (Wildman–Crippen MR) is 106 cm³/mol. The number of carbonyl (C=O) groups is 1. The van der Waals surface area contributed by atoms with Gasteiger partial charge < -0.3 is 10.2 Å². The number of piperidine rings is 1. The summed E-state index contributed by atoms with van der Waals surface area (Å²) >= 11 is 1.44. The Morgan fingerprint density at radius 3 is 3.11 bits per heavy atom. The van der Waals surface area contributed by atoms with Crippen molar-refractivity contribution < 1.29 is 4.79 Å². The first-order chi connectivity index (χ1) is 13.7. The van der Waals surface area contributed by atoms with Crippen LogP contribution in [0.1, 0.15) is 42.5 Å². The highest BCUT2D eigenvalue weighted by molar-refractivity contribution is 7.15. The zero-order chi connectivity index (χ0) is 19.1. The van der Waals surface area contributed by atoms with Crippen LogP contribution < -0.4 is 10.2 Å². The van der Waals surface area contributed by atoms with Gasteiger partial charge in [0.05, 0.1) is 11.6 Å². The van der Waals surface area contributed by atoms with Gasteiger partial charge in [0.2, 0.25) is 11.0 Å². The van der Waals surface area contributed by atoms with Gasteiger partial charge in [-0.05, 0) is 38.5 Å². The van der Waals surface area contributed by atoms with Crippen molar-refractivity contribution in [3.63, 3.8) is 0 Å². The van der Waals surface area contributed by atoms with Crippen molar-refractivity contribution >= 4 is 34.0 Å². The van der Waals surface area contributed by atoms with E-state index in [1.807, 2.05) is 11.4 Å². The van der Waals surface area contributed by atoms with Crippen molar-refractivity contribution in [3.8, 4) is 0 Å². The number of fused-ring (bicyclic) bond motifs is 2. The van der Waals surface area contributed by atoms with E-state index in [0.717, 1.165) is 61.6 Å². The van der Waals surface area contributed by atoms with Crippen LogP contribution in [-0.2, 0) is 24.1 Å². The van der Waals surface area contributed by atoms with Gasteiger partial charge in [-0.1, -0.05) is 18.3 Å². The van der Waals surface area contributed by atoms with Crippen LogP contribution in [0.4, 0.5) is 10.9 Å². The zero-order valence-corrected chi connectivity index (χ0v) is 16.6. The number of hydrogen-bond donors (Lipinski definition) is 1. The van der Waals surface area contributed by atoms with Crippen LogP contribution in [-0.4, -0.2) is 48.8 Å². The fourth-order valence-corrected chi connectivity index (χ4v) is 4.85. The highest BCUT2D eigenvalue weighted by atomic mass is 32.1. The Morgan fingerprint density at radius 1 is 1.32 bits per heavy atom. The topological polar surface area (TPSA) is 101 Å². The lowest BCUT2D eigenvalue weighted by Gasteiger charge is -2.34. The molecule has 1 aliphatic heterocycles. The van der Waals surface area contributed by atoms with Crippen LogP contribution in [0.2, 0.25) is 0 Å². The highest BCUT2D eigenvalue weighted by Gasteiger charge is 2.31. The van der Waals surface area contributed by atoms with Crippen LogP contribution in [0.3, 0.4) is 0 Å². The van der Waals surface area contributed by atoms with E-state index in [4.69, 9.17) is 0 Å². The lowest BCUT2D eigenvalue weighted by molar-refractivity contribution is -0.120. The molecular formula is C18H22N8OS. The molecule has 146 valence electrons. The highest BCUT2D eigenvalue weighted by Crippen LogP contribution is 2.33. The van der Waals surface area contributed by atoms with E-state index >= 15 is 0 Å². The minimum absolute atomic E-state index is 0.0176. The first-order valence-electron chi connectivity index (χ1n) is 9.82. The summed E-state index contributed by atoms with van der Waals surface area (Å²) in [7, 11) is 0. The smallest absolute Gasteiger partial charge is 0.254 e. The first-order valence-corrected chi connectivity index (χ1v) is 10.6. The summed E-state index contributed by atoms with van der Waals surface area (Å²) in [6.07, 6.45) is 7.31. The lowest BCUT2D eigenvalue weighted by atomic mass is 9.96. The summed E-state index contributed by atoms with van der Waals surface area (Å²) in [6.45, 7) is 3.61. The molecule has 1 unspecified atom stereocenters. The van der Waals surface area contributed by atoms with Gasteiger partial charge in [-0.2, -0.15) is 14.6 Å². The average molecular weight is 398 g/mol. The number of nitrogens with one attached hydrogen (secondary N) is 1. The Hall–Kier alpha value is -2.62. The molecule has 1 fully saturated rings. The molecule has 1 atom stereocenters. The molecule has 10 heteroatoms. The summed E-state index contributed by atoms with van der Waals surface area (Å²) in [5.41, 5.74) is 2.39. The van der Waals surface area contributed by atoms with Gasteiger partial charge in [0.1, 0.15) is 17.2 Å². The van der Waals surface area contributed by atoms with E-state index in [-0.39, 0.29) is 11.8 Å². The van der Waals surface area contributed by atoms with Crippen molar-refractivity contribution in [3.05, 3.63) is 22.6 Å². The van der Waals surface area contributed by atoms with E-state index in [1.54, 1.807) is 6.33 Å². The molecule has 0 radical (unpaired) electrons. The van der Waals surface area contributed by atoms with Gasteiger partial charge in [0, 0.05) is 18.7 Å². The molecule has 4 heterocycles. The third kappa shape index (κ3) is 3.01. The molecule has 3 aromatic heterocycles. The monoisotopic (exact) mass is 398 g/mol. The maximum Gasteiger partial charge on any atom is 0.254 e. The molecule has 1 N–H and O–H groups in total. The number of aryl methyl sites for hydroxylation is 2. The van der Waals surface area contributed by atoms with Gasteiger partial charge in [-0.25, -0.2) is 4.98 Å². The maximum absolute atomic E-state index is 12.8. The molecule has 5 rings (SSSR count). The minimum Gasteiger partial charge on any atom is -0.355 e. The Bertz CT molecular complexity index is 1030. The van der Waals surface area contributed by atoms with Crippen molar-refractivity contribution in [1.82, 2.24) is 29.8 Å². The molecule has 9 nitrogen and oxygen atoms in total. The number of rotatable bonds is 4. The second-order valence-corrected chi connectivity index (χ2v) is 8.38. The molecule has 0 bridgehead atoms. The molecule has 0 aromatic carbocycles. The Kier molecular flexibility index (Phi) is 4.42. The second kappa shape index (κ2) is 7.08. The van der Waals surface area contributed by atoms with Crippen molar-refractivity contribution in [2.75, 3.05) is 23.3 Å². The number of hydrogen-bond acceptors (Lipinski definition) is 8. The van der Waals surface area contributed by atoms with Gasteiger partial charge >= 0.3 is 0 Å². The van der Waals surface area contributed by atoms with Crippen molar-refractivity contribution in [2.24, 2.45) is 5.92 Å². The van der Waals surface area contributed by atoms with Gasteiger partial charge in [0.15, 0.2) is 0 Å². The molecule has 3 aromatic rings. The molecule has 1 amide bonds. The quantitative estimate of drug-likeness (QED) is 0.716. The molecule has 0 spiro atoms. The molecule has 1 aliphatic carbocycles. The van der Waals surface area contributed by atoms with Crippen LogP contribution in [0.15, 0.2) is 6.33 Å². The number of amides is 1. The number of nitrogens with zero attached hydrogens (tertiary/aromatic N) is 7. The molecular weight excluding hydrogens is 376 g/mol. The number of anilines is 2. The summed E-state index contributed by atoms with van der Waals surface area (Å²) in [4.78, 5) is 24.1. The van der Waals surface area contributed by atoms with E-state index in [0.29, 0.717) is 17.5 Å². The Morgan fingerprint density at radius 2 is 2.25 bits per heavy atom. The predicted octanol–water partition coefficient (Wildman–Crippen LogP) is 1.88. The number of aromatic nitrogens is 6. The SMILES string of the molecule is CCc1nnc(NC(=O)C2CCCN(c3c4c(nc5ncnn35)CCC4)C2)s1. The summed E-state index contributed by atoms with van der Waals surface area (Å²) in [6, 6.07) is 0. The first kappa shape index (κ1) is 17.5. The van der Waals surface area contributed by atoms with E-state index < -0.39 is 0 Å².